The fraction of sp³-hybridized carbons (Fsp3) is 0.480. The molecule has 0 saturated carbocycles. The van der Waals surface area contributed by atoms with Crippen molar-refractivity contribution in [2.24, 2.45) is 0 Å². The Labute approximate surface area is 172 Å². The van der Waals surface area contributed by atoms with E-state index in [1.807, 2.05) is 0 Å². The molecule has 1 atom stereocenters. The van der Waals surface area contributed by atoms with E-state index < -0.39 is 5.97 Å². The Bertz CT molecular complexity index is 945. The van der Waals surface area contributed by atoms with Crippen molar-refractivity contribution in [1.29, 1.82) is 0 Å². The highest BCUT2D eigenvalue weighted by molar-refractivity contribution is 7.13. The molecule has 1 aromatic carbocycles. The van der Waals surface area contributed by atoms with Gasteiger partial charge in [0.2, 0.25) is 0 Å². The van der Waals surface area contributed by atoms with Crippen molar-refractivity contribution in [2.75, 3.05) is 0 Å². The van der Waals surface area contributed by atoms with Crippen LogP contribution in [0.25, 0.3) is 6.08 Å². The van der Waals surface area contributed by atoms with Crippen molar-refractivity contribution >= 4 is 23.4 Å². The summed E-state index contributed by atoms with van der Waals surface area (Å²) >= 11 is 1.75. The third-order valence-electron chi connectivity index (χ3n) is 6.80. The van der Waals surface area contributed by atoms with Gasteiger partial charge in [-0.3, -0.25) is 0 Å². The summed E-state index contributed by atoms with van der Waals surface area (Å²) in [6.45, 7) is 9.52. The van der Waals surface area contributed by atoms with Crippen molar-refractivity contribution in [2.45, 2.75) is 76.5 Å². The first kappa shape index (κ1) is 19.4. The molecule has 0 fully saturated rings. The van der Waals surface area contributed by atoms with Gasteiger partial charge in [0.1, 0.15) is 0 Å². The van der Waals surface area contributed by atoms with Gasteiger partial charge in [-0.15, -0.1) is 11.3 Å². The Kier molecular flexibility index (Phi) is 4.78. The van der Waals surface area contributed by atoms with E-state index >= 15 is 0 Å². The first-order chi connectivity index (χ1) is 13.2. The number of carboxylic acids is 1. The monoisotopic (exact) mass is 394 g/mol. The highest BCUT2D eigenvalue weighted by atomic mass is 32.1. The normalized spacial score (nSPS) is 22.6. The summed E-state index contributed by atoms with van der Waals surface area (Å²) in [7, 11) is 0. The summed E-state index contributed by atoms with van der Waals surface area (Å²) < 4.78 is 0. The smallest absolute Gasteiger partial charge is 0.328 e. The average molecular weight is 395 g/mol. The number of fused-ring (bicyclic) bond motifs is 2. The molecule has 28 heavy (non-hydrogen) atoms. The van der Waals surface area contributed by atoms with Crippen molar-refractivity contribution in [3.63, 3.8) is 0 Å². The van der Waals surface area contributed by atoms with E-state index in [4.69, 9.17) is 5.11 Å². The van der Waals surface area contributed by atoms with Gasteiger partial charge in [0.05, 0.1) is 0 Å². The number of benzene rings is 1. The zero-order valence-electron chi connectivity index (χ0n) is 17.3. The number of hydrogen-bond donors (Lipinski definition) is 1. The molecular weight excluding hydrogens is 364 g/mol. The van der Waals surface area contributed by atoms with Crippen LogP contribution in [0.3, 0.4) is 0 Å². The largest absolute Gasteiger partial charge is 0.478 e. The third kappa shape index (κ3) is 3.45. The van der Waals surface area contributed by atoms with Gasteiger partial charge in [-0.05, 0) is 77.3 Å². The first-order valence-electron chi connectivity index (χ1n) is 10.4. The van der Waals surface area contributed by atoms with Gasteiger partial charge in [0.15, 0.2) is 0 Å². The Morgan fingerprint density at radius 3 is 2.54 bits per heavy atom. The van der Waals surface area contributed by atoms with Crippen LogP contribution in [0.2, 0.25) is 0 Å². The van der Waals surface area contributed by atoms with Crippen LogP contribution in [0.15, 0.2) is 30.3 Å². The van der Waals surface area contributed by atoms with Crippen LogP contribution in [0.4, 0.5) is 0 Å². The Morgan fingerprint density at radius 2 is 1.82 bits per heavy atom. The molecule has 1 aromatic heterocycles. The van der Waals surface area contributed by atoms with Crippen LogP contribution in [0.5, 0.6) is 0 Å². The maximum atomic E-state index is 10.9. The number of aliphatic carboxylic acids is 1. The van der Waals surface area contributed by atoms with Crippen molar-refractivity contribution in [3.8, 4) is 0 Å². The molecule has 0 saturated heterocycles. The molecule has 2 aliphatic carbocycles. The van der Waals surface area contributed by atoms with E-state index in [0.29, 0.717) is 5.92 Å². The van der Waals surface area contributed by atoms with Crippen molar-refractivity contribution < 1.29 is 9.90 Å². The van der Waals surface area contributed by atoms with Crippen LogP contribution < -0.4 is 0 Å². The van der Waals surface area contributed by atoms with Crippen molar-refractivity contribution in [1.82, 2.24) is 0 Å². The number of rotatable bonds is 3. The zero-order valence-corrected chi connectivity index (χ0v) is 18.2. The van der Waals surface area contributed by atoms with Crippen LogP contribution in [0, 0.1) is 0 Å². The molecule has 3 heteroatoms. The molecule has 0 radical (unpaired) electrons. The van der Waals surface area contributed by atoms with E-state index in [1.165, 1.54) is 58.9 Å². The van der Waals surface area contributed by atoms with Crippen LogP contribution in [-0.4, -0.2) is 11.1 Å². The minimum absolute atomic E-state index is 0.225. The molecule has 0 amide bonds. The summed E-state index contributed by atoms with van der Waals surface area (Å²) in [6, 6.07) is 9.45. The second-order valence-electron chi connectivity index (χ2n) is 9.72. The van der Waals surface area contributed by atoms with Crippen LogP contribution >= 0.6 is 11.3 Å². The lowest BCUT2D eigenvalue weighted by Gasteiger charge is -2.42. The van der Waals surface area contributed by atoms with Gasteiger partial charge in [-0.2, -0.15) is 0 Å². The summed E-state index contributed by atoms with van der Waals surface area (Å²) in [6.07, 6.45) is 8.94. The molecule has 1 unspecified atom stereocenters. The van der Waals surface area contributed by atoms with Gasteiger partial charge in [-0.1, -0.05) is 45.9 Å². The predicted molar refractivity (Wildman–Crippen MR) is 117 cm³/mol. The molecule has 148 valence electrons. The number of aryl methyl sites for hydroxylation is 1. The lowest BCUT2D eigenvalue weighted by Crippen LogP contribution is -2.34. The molecular formula is C25H30O2S. The molecule has 0 spiro atoms. The van der Waals surface area contributed by atoms with E-state index in [1.54, 1.807) is 17.4 Å². The van der Waals surface area contributed by atoms with E-state index in [0.717, 1.165) is 11.3 Å². The Hall–Kier alpha value is -1.87. The Morgan fingerprint density at radius 1 is 1.11 bits per heavy atom. The SMILES string of the molecule is CC1(C)CCC(C)(C)c2cc(C3CCCc4sc(C=CC(=O)O)cc43)ccc21. The Balaban J connectivity index is 1.75. The fourth-order valence-corrected chi connectivity index (χ4v) is 6.15. The van der Waals surface area contributed by atoms with Gasteiger partial charge < -0.3 is 5.11 Å². The number of carboxylic acid groups (broad SMARTS) is 1. The van der Waals surface area contributed by atoms with Gasteiger partial charge >= 0.3 is 5.97 Å². The molecule has 0 bridgehead atoms. The van der Waals surface area contributed by atoms with Crippen LogP contribution in [0.1, 0.15) is 91.3 Å². The molecule has 1 heterocycles. The molecule has 2 nitrogen and oxygen atoms in total. The van der Waals surface area contributed by atoms with Crippen molar-refractivity contribution in [3.05, 3.63) is 62.3 Å². The highest BCUT2D eigenvalue weighted by Gasteiger charge is 2.37. The average Bonchev–Trinajstić information content (AvgIpc) is 3.07. The number of thiophene rings is 1. The highest BCUT2D eigenvalue weighted by Crippen LogP contribution is 2.48. The predicted octanol–water partition coefficient (Wildman–Crippen LogP) is 6.66. The molecule has 2 aromatic rings. The van der Waals surface area contributed by atoms with Gasteiger partial charge in [0, 0.05) is 21.7 Å². The quantitative estimate of drug-likeness (QED) is 0.591. The summed E-state index contributed by atoms with van der Waals surface area (Å²) in [5.74, 6) is -0.458. The maximum Gasteiger partial charge on any atom is 0.328 e. The topological polar surface area (TPSA) is 37.3 Å². The van der Waals surface area contributed by atoms with Gasteiger partial charge in [-0.25, -0.2) is 4.79 Å². The van der Waals surface area contributed by atoms with Gasteiger partial charge in [0.25, 0.3) is 0 Å². The molecule has 0 aliphatic heterocycles. The second kappa shape index (κ2) is 6.88. The number of carbonyl (C=O) groups is 1. The maximum absolute atomic E-state index is 10.9. The standard InChI is InChI=1S/C25H30O2S/c1-24(2)12-13-25(3,4)21-14-16(8-10-20(21)24)18-6-5-7-22-19(18)15-17(28-22)9-11-23(26)27/h8-11,14-15,18H,5-7,12-13H2,1-4H3,(H,26,27). The third-order valence-corrected chi connectivity index (χ3v) is 7.98. The minimum Gasteiger partial charge on any atom is -0.478 e. The lowest BCUT2D eigenvalue weighted by atomic mass is 9.62. The summed E-state index contributed by atoms with van der Waals surface area (Å²) in [5.41, 5.74) is 6.35. The summed E-state index contributed by atoms with van der Waals surface area (Å²) in [5, 5.41) is 8.93. The summed E-state index contributed by atoms with van der Waals surface area (Å²) in [4.78, 5) is 13.4. The second-order valence-corrected chi connectivity index (χ2v) is 10.9. The minimum atomic E-state index is -0.887. The van der Waals surface area contributed by atoms with E-state index in [2.05, 4.69) is 52.0 Å². The van der Waals surface area contributed by atoms with E-state index in [9.17, 15) is 4.79 Å². The molecule has 1 N–H and O–H groups in total. The molecule has 4 rings (SSSR count). The fourth-order valence-electron chi connectivity index (χ4n) is 4.98. The first-order valence-corrected chi connectivity index (χ1v) is 11.2. The van der Waals surface area contributed by atoms with Crippen LogP contribution in [-0.2, 0) is 22.0 Å². The molecule has 2 aliphatic rings. The van der Waals surface area contributed by atoms with E-state index in [-0.39, 0.29) is 10.8 Å². The number of hydrogen-bond acceptors (Lipinski definition) is 2. The lowest BCUT2D eigenvalue weighted by molar-refractivity contribution is -0.131. The zero-order chi connectivity index (χ0) is 20.1.